The number of hydrogen-bond donors (Lipinski definition) is 3. The fourth-order valence-electron chi connectivity index (χ4n) is 0.214. The van der Waals surface area contributed by atoms with Crippen molar-refractivity contribution < 1.29 is 58.3 Å². The van der Waals surface area contributed by atoms with Gasteiger partial charge in [-0.3, -0.25) is 0 Å². The molecule has 0 spiro atoms. The quantitative estimate of drug-likeness (QED) is 0.162. The number of rotatable bonds is 3. The van der Waals surface area contributed by atoms with Crippen LogP contribution in [0.2, 0.25) is 0 Å². The molecule has 0 fully saturated rings. The molecule has 0 bridgehead atoms. The first-order valence-electron chi connectivity index (χ1n) is 3.24. The van der Waals surface area contributed by atoms with Crippen molar-refractivity contribution >= 4 is 13.8 Å². The molecule has 0 aromatic heterocycles. The van der Waals surface area contributed by atoms with Crippen LogP contribution in [0.1, 0.15) is 13.3 Å². The second-order valence-electron chi connectivity index (χ2n) is 1.73. The second kappa shape index (κ2) is 11.4. The van der Waals surface area contributed by atoms with Gasteiger partial charge >= 0.3 is 37.4 Å². The molecular formula is C6H12NaO6P. The number of ether oxygens (including phenoxy) is 1. The molecule has 0 amide bonds. The van der Waals surface area contributed by atoms with E-state index < -0.39 is 13.8 Å². The molecule has 0 saturated carbocycles. The average molecular weight is 234 g/mol. The summed E-state index contributed by atoms with van der Waals surface area (Å²) in [6, 6.07) is 0. The third-order valence-electron chi connectivity index (χ3n) is 0.533. The molecule has 0 rings (SSSR count). The van der Waals surface area contributed by atoms with Crippen molar-refractivity contribution in [3.05, 3.63) is 19.3 Å². The van der Waals surface area contributed by atoms with Gasteiger partial charge in [-0.15, -0.1) is 6.42 Å². The zero-order chi connectivity index (χ0) is 10.9. The predicted octanol–water partition coefficient (Wildman–Crippen LogP) is -2.64. The topological polar surface area (TPSA) is 104 Å². The molecule has 0 aromatic carbocycles. The molecule has 0 atom stereocenters. The Morgan fingerprint density at radius 3 is 2.14 bits per heavy atom. The van der Waals surface area contributed by atoms with Gasteiger partial charge in [0.1, 0.15) is 0 Å². The van der Waals surface area contributed by atoms with E-state index in [0.717, 1.165) is 12.5 Å². The van der Waals surface area contributed by atoms with E-state index in [1.54, 1.807) is 0 Å². The van der Waals surface area contributed by atoms with E-state index in [2.05, 4.69) is 11.3 Å². The van der Waals surface area contributed by atoms with Crippen molar-refractivity contribution in [2.75, 3.05) is 0 Å². The van der Waals surface area contributed by atoms with Crippen molar-refractivity contribution in [3.63, 3.8) is 0 Å². The molecule has 6 nitrogen and oxygen atoms in total. The fraction of sp³-hybridized carbons (Fsp3) is 0.333. The molecule has 0 aliphatic rings. The van der Waals surface area contributed by atoms with Gasteiger partial charge in [0.25, 0.3) is 5.97 Å². The maximum Gasteiger partial charge on any atom is 1.00 e. The van der Waals surface area contributed by atoms with Gasteiger partial charge in [-0.1, -0.05) is 13.5 Å². The van der Waals surface area contributed by atoms with Gasteiger partial charge < -0.3 is 19.4 Å². The van der Waals surface area contributed by atoms with Crippen molar-refractivity contribution in [2.24, 2.45) is 0 Å². The Morgan fingerprint density at radius 1 is 1.57 bits per heavy atom. The van der Waals surface area contributed by atoms with Crippen molar-refractivity contribution in [1.29, 1.82) is 0 Å². The molecule has 14 heavy (non-hydrogen) atoms. The maximum absolute atomic E-state index is 10.2. The molecule has 78 valence electrons. The minimum atomic E-state index is -4.64. The van der Waals surface area contributed by atoms with Gasteiger partial charge in [-0.05, 0) is 0 Å². The largest absolute Gasteiger partial charge is 1.00 e. The van der Waals surface area contributed by atoms with Crippen LogP contribution in [0.15, 0.2) is 12.7 Å². The van der Waals surface area contributed by atoms with Crippen LogP contribution in [0.25, 0.3) is 0 Å². The van der Waals surface area contributed by atoms with Gasteiger partial charge in [-0.25, -0.2) is 9.36 Å². The first-order valence-corrected chi connectivity index (χ1v) is 4.80. The Labute approximate surface area is 105 Å². The summed E-state index contributed by atoms with van der Waals surface area (Å²) in [4.78, 5) is 31.8. The van der Waals surface area contributed by atoms with E-state index in [1.165, 1.54) is 6.61 Å². The summed E-state index contributed by atoms with van der Waals surface area (Å²) < 4.78 is 13.3. The zero-order valence-electron chi connectivity index (χ0n) is 8.08. The van der Waals surface area contributed by atoms with E-state index in [0.29, 0.717) is 0 Å². The molecule has 0 aliphatic heterocycles. The van der Waals surface area contributed by atoms with E-state index in [-0.39, 0.29) is 29.6 Å². The summed E-state index contributed by atoms with van der Waals surface area (Å²) in [6.45, 7) is 6.54. The number of carbonyl (C=O) groups is 1. The zero-order valence-corrected chi connectivity index (χ0v) is 11.0. The van der Waals surface area contributed by atoms with Crippen LogP contribution >= 0.6 is 7.82 Å². The Kier molecular flexibility index (Phi) is 16.1. The van der Waals surface area contributed by atoms with Crippen molar-refractivity contribution in [3.8, 4) is 0 Å². The standard InChI is InChI=1S/C6H9O2.Na.H3O4P/c1-3-5-8-6(7)4-2;;1-5(2,3)4/h4-5H,2-3H2,1H3;;(H3,1,2,3,4)/q-1;+1;. The monoisotopic (exact) mass is 234 g/mol. The number of esters is 1. The van der Waals surface area contributed by atoms with Crippen molar-refractivity contribution in [2.45, 2.75) is 13.3 Å². The molecule has 0 radical (unpaired) electrons. The third-order valence-corrected chi connectivity index (χ3v) is 0.533. The van der Waals surface area contributed by atoms with Crippen LogP contribution < -0.4 is 29.6 Å². The van der Waals surface area contributed by atoms with E-state index in [4.69, 9.17) is 19.2 Å². The van der Waals surface area contributed by atoms with Crippen LogP contribution in [0, 0.1) is 6.61 Å². The first-order chi connectivity index (χ1) is 5.81. The van der Waals surface area contributed by atoms with Gasteiger partial charge in [0, 0.05) is 6.08 Å². The number of phosphoric acid groups is 1. The van der Waals surface area contributed by atoms with Crippen LogP contribution in [-0.2, 0) is 14.1 Å². The second-order valence-corrected chi connectivity index (χ2v) is 2.76. The summed E-state index contributed by atoms with van der Waals surface area (Å²) in [5.41, 5.74) is 0. The normalized spacial score (nSPS) is 8.86. The minimum absolute atomic E-state index is 0. The van der Waals surface area contributed by atoms with Gasteiger partial charge in [0.2, 0.25) is 0 Å². The summed E-state index contributed by atoms with van der Waals surface area (Å²) >= 11 is 0. The summed E-state index contributed by atoms with van der Waals surface area (Å²) in [5, 5.41) is 0. The molecule has 0 aliphatic carbocycles. The smallest absolute Gasteiger partial charge is 0.634 e. The van der Waals surface area contributed by atoms with Gasteiger partial charge in [-0.2, -0.15) is 6.61 Å². The molecule has 0 unspecified atom stereocenters. The molecule has 0 heterocycles. The van der Waals surface area contributed by atoms with Crippen LogP contribution in [-0.4, -0.2) is 20.6 Å². The maximum atomic E-state index is 10.2. The summed E-state index contributed by atoms with van der Waals surface area (Å²) in [6.07, 6.45) is 1.87. The minimum Gasteiger partial charge on any atom is -0.634 e. The third kappa shape index (κ3) is 39.5. The van der Waals surface area contributed by atoms with Gasteiger partial charge in [0.15, 0.2) is 0 Å². The molecule has 0 saturated heterocycles. The van der Waals surface area contributed by atoms with Crippen molar-refractivity contribution in [1.82, 2.24) is 0 Å². The predicted molar refractivity (Wildman–Crippen MR) is 45.1 cm³/mol. The Balaban J connectivity index is -0.000000177. The van der Waals surface area contributed by atoms with E-state index >= 15 is 0 Å². The van der Waals surface area contributed by atoms with Crippen LogP contribution in [0.3, 0.4) is 0 Å². The fourth-order valence-corrected chi connectivity index (χ4v) is 0.214. The first kappa shape index (κ1) is 19.8. The summed E-state index contributed by atoms with van der Waals surface area (Å²) in [7, 11) is -4.64. The Morgan fingerprint density at radius 2 is 1.93 bits per heavy atom. The Hall–Kier alpha value is 0.320. The molecule has 3 N–H and O–H groups in total. The van der Waals surface area contributed by atoms with Crippen LogP contribution in [0.4, 0.5) is 0 Å². The average Bonchev–Trinajstić information content (AvgIpc) is 1.97. The van der Waals surface area contributed by atoms with Gasteiger partial charge in [0.05, 0.1) is 0 Å². The molecule has 8 heteroatoms. The Bertz CT molecular complexity index is 192. The van der Waals surface area contributed by atoms with E-state index in [9.17, 15) is 4.79 Å². The molecular weight excluding hydrogens is 222 g/mol. The number of hydrogen-bond acceptors (Lipinski definition) is 3. The molecule has 0 aromatic rings. The van der Waals surface area contributed by atoms with Crippen LogP contribution in [0.5, 0.6) is 0 Å². The SMILES string of the molecule is C=CC(=O)O[CH-]CC.O=P(O)(O)O.[Na+]. The number of carbonyl (C=O) groups excluding carboxylic acids is 1. The summed E-state index contributed by atoms with van der Waals surface area (Å²) in [5.74, 6) is -0.396. The van der Waals surface area contributed by atoms with E-state index in [1.807, 2.05) is 6.92 Å².